The van der Waals surface area contributed by atoms with Crippen LogP contribution in [0.15, 0.2) is 66.7 Å². The Bertz CT molecular complexity index is 1230. The number of alkyl halides is 3. The molecule has 1 aliphatic heterocycles. The van der Waals surface area contributed by atoms with Gasteiger partial charge in [-0.05, 0) is 83.5 Å². The number of aliphatic carboxylic acids is 1. The zero-order chi connectivity index (χ0) is 25.3. The second-order valence-corrected chi connectivity index (χ2v) is 9.61. The van der Waals surface area contributed by atoms with Gasteiger partial charge in [0.05, 0.1) is 6.42 Å². The summed E-state index contributed by atoms with van der Waals surface area (Å²) in [6.07, 6.45) is -0.531. The van der Waals surface area contributed by atoms with E-state index >= 15 is 0 Å². The third-order valence-corrected chi connectivity index (χ3v) is 6.90. The van der Waals surface area contributed by atoms with Gasteiger partial charge in [0.15, 0.2) is 6.61 Å². The van der Waals surface area contributed by atoms with Gasteiger partial charge in [-0.1, -0.05) is 48.5 Å². The maximum absolute atomic E-state index is 12.5. The molecule has 3 aromatic rings. The maximum Gasteiger partial charge on any atom is 0.422 e. The monoisotopic (exact) mass is 496 g/mol. The van der Waals surface area contributed by atoms with Crippen LogP contribution in [-0.4, -0.2) is 23.9 Å². The number of rotatable bonds is 8. The molecular formula is C29H27F3O4. The molecule has 1 saturated carbocycles. The van der Waals surface area contributed by atoms with Crippen LogP contribution in [0.5, 0.6) is 11.5 Å². The molecule has 0 radical (unpaired) electrons. The van der Waals surface area contributed by atoms with E-state index in [9.17, 15) is 23.1 Å². The van der Waals surface area contributed by atoms with Crippen molar-refractivity contribution < 1.29 is 32.5 Å². The number of carbonyl (C=O) groups is 1. The molecule has 0 bridgehead atoms. The molecule has 1 heterocycles. The number of halogens is 3. The normalized spacial score (nSPS) is 18.1. The average molecular weight is 497 g/mol. The van der Waals surface area contributed by atoms with E-state index in [0.717, 1.165) is 59.3 Å². The Kier molecular flexibility index (Phi) is 6.65. The summed E-state index contributed by atoms with van der Waals surface area (Å²) in [6.45, 7) is -1.32. The minimum absolute atomic E-state index is 0.0203. The number of carboxylic acids is 1. The number of ether oxygens (including phenoxy) is 2. The zero-order valence-electron chi connectivity index (χ0n) is 19.6. The molecule has 36 heavy (non-hydrogen) atoms. The molecular weight excluding hydrogens is 469 g/mol. The van der Waals surface area contributed by atoms with Crippen molar-refractivity contribution in [1.82, 2.24) is 0 Å². The van der Waals surface area contributed by atoms with Gasteiger partial charge in [0.1, 0.15) is 17.6 Å². The summed E-state index contributed by atoms with van der Waals surface area (Å²) in [5, 5.41) is 9.35. The molecule has 0 saturated heterocycles. The summed E-state index contributed by atoms with van der Waals surface area (Å²) < 4.78 is 48.6. The highest BCUT2D eigenvalue weighted by molar-refractivity contribution is 5.68. The van der Waals surface area contributed by atoms with Crippen LogP contribution in [0.1, 0.15) is 54.4 Å². The van der Waals surface area contributed by atoms with Crippen LogP contribution in [0.4, 0.5) is 13.2 Å². The van der Waals surface area contributed by atoms with Crippen LogP contribution in [-0.2, 0) is 11.2 Å². The number of aryl methyl sites for hydroxylation is 1. The molecule has 7 heteroatoms. The number of hydrogen-bond donors (Lipinski definition) is 1. The molecule has 1 fully saturated rings. The summed E-state index contributed by atoms with van der Waals surface area (Å²) in [7, 11) is 0. The molecule has 0 amide bonds. The van der Waals surface area contributed by atoms with Gasteiger partial charge in [0.25, 0.3) is 0 Å². The minimum atomic E-state index is -4.38. The Morgan fingerprint density at radius 3 is 2.47 bits per heavy atom. The highest BCUT2D eigenvalue weighted by Crippen LogP contribution is 2.46. The van der Waals surface area contributed by atoms with E-state index in [-0.39, 0.29) is 24.2 Å². The highest BCUT2D eigenvalue weighted by atomic mass is 19.4. The van der Waals surface area contributed by atoms with Crippen molar-refractivity contribution in [2.24, 2.45) is 5.92 Å². The molecule has 1 N–H and O–H groups in total. The zero-order valence-corrected chi connectivity index (χ0v) is 19.6. The van der Waals surface area contributed by atoms with Gasteiger partial charge < -0.3 is 14.6 Å². The van der Waals surface area contributed by atoms with Gasteiger partial charge >= 0.3 is 12.1 Å². The first kappa shape index (κ1) is 24.2. The quantitative estimate of drug-likeness (QED) is 0.355. The van der Waals surface area contributed by atoms with E-state index in [1.54, 1.807) is 12.1 Å². The van der Waals surface area contributed by atoms with Crippen molar-refractivity contribution >= 4 is 5.97 Å². The lowest BCUT2D eigenvalue weighted by Crippen LogP contribution is -2.19. The van der Waals surface area contributed by atoms with Crippen molar-refractivity contribution in [1.29, 1.82) is 0 Å². The lowest BCUT2D eigenvalue weighted by Gasteiger charge is -2.28. The van der Waals surface area contributed by atoms with Gasteiger partial charge in [-0.25, -0.2) is 0 Å². The fourth-order valence-corrected chi connectivity index (χ4v) is 4.92. The molecule has 5 rings (SSSR count). The summed E-state index contributed by atoms with van der Waals surface area (Å²) in [5.74, 6) is 0.666. The molecule has 4 nitrogen and oxygen atoms in total. The van der Waals surface area contributed by atoms with Gasteiger partial charge in [-0.3, -0.25) is 4.79 Å². The summed E-state index contributed by atoms with van der Waals surface area (Å²) in [4.78, 5) is 11.4. The fourth-order valence-electron chi connectivity index (χ4n) is 4.92. The minimum Gasteiger partial charge on any atom is -0.485 e. The van der Waals surface area contributed by atoms with Crippen molar-refractivity contribution in [3.05, 3.63) is 83.4 Å². The molecule has 2 aliphatic rings. The first-order valence-electron chi connectivity index (χ1n) is 12.2. The molecule has 188 valence electrons. The first-order chi connectivity index (χ1) is 17.2. The lowest BCUT2D eigenvalue weighted by atomic mass is 9.88. The van der Waals surface area contributed by atoms with Crippen molar-refractivity contribution in [2.45, 2.75) is 50.3 Å². The van der Waals surface area contributed by atoms with Crippen LogP contribution in [0.25, 0.3) is 11.1 Å². The predicted octanol–water partition coefficient (Wildman–Crippen LogP) is 7.33. The van der Waals surface area contributed by atoms with Crippen LogP contribution in [0.3, 0.4) is 0 Å². The number of hydrogen-bond acceptors (Lipinski definition) is 3. The number of fused-ring (bicyclic) bond motifs is 1. The van der Waals surface area contributed by atoms with Crippen LogP contribution in [0.2, 0.25) is 0 Å². The van der Waals surface area contributed by atoms with Gasteiger partial charge in [-0.15, -0.1) is 0 Å². The summed E-state index contributed by atoms with van der Waals surface area (Å²) >= 11 is 0. The second kappa shape index (κ2) is 9.88. The molecule has 2 atom stereocenters. The van der Waals surface area contributed by atoms with Crippen molar-refractivity contribution in [3.63, 3.8) is 0 Å². The predicted molar refractivity (Wildman–Crippen MR) is 129 cm³/mol. The summed E-state index contributed by atoms with van der Waals surface area (Å²) in [6, 6.07) is 20.6. The highest BCUT2D eigenvalue weighted by Gasteiger charge is 2.34. The standard InChI is InChI=1S/C29H27F3O4/c30-29(31,32)17-35-24-3-1-2-22(14-24)18-4-8-20(9-5-18)26-13-12-21-10-11-23(15-27(21)36-26)25(16-28(33)34)19-6-7-19/h1-5,8-11,14-15,19,25-26H,6-7,12-13,16-17H2,(H,33,34). The molecule has 1 aliphatic carbocycles. The van der Waals surface area contributed by atoms with Gasteiger partial charge in [0, 0.05) is 0 Å². The molecule has 2 unspecified atom stereocenters. The number of benzene rings is 3. The molecule has 3 aromatic carbocycles. The van der Waals surface area contributed by atoms with Crippen LogP contribution in [0, 0.1) is 5.92 Å². The third-order valence-electron chi connectivity index (χ3n) is 6.90. The lowest BCUT2D eigenvalue weighted by molar-refractivity contribution is -0.153. The van der Waals surface area contributed by atoms with Gasteiger partial charge in [-0.2, -0.15) is 13.2 Å². The smallest absolute Gasteiger partial charge is 0.422 e. The van der Waals surface area contributed by atoms with E-state index < -0.39 is 18.8 Å². The van der Waals surface area contributed by atoms with Crippen LogP contribution < -0.4 is 9.47 Å². The van der Waals surface area contributed by atoms with E-state index in [1.807, 2.05) is 36.4 Å². The first-order valence-corrected chi connectivity index (χ1v) is 12.2. The van der Waals surface area contributed by atoms with Crippen molar-refractivity contribution in [2.75, 3.05) is 6.61 Å². The Labute approximate surface area is 207 Å². The summed E-state index contributed by atoms with van der Waals surface area (Å²) in [5.41, 5.74) is 4.82. The molecule has 0 aromatic heterocycles. The van der Waals surface area contributed by atoms with Crippen LogP contribution >= 0.6 is 0 Å². The van der Waals surface area contributed by atoms with E-state index in [2.05, 4.69) is 12.1 Å². The Morgan fingerprint density at radius 2 is 1.78 bits per heavy atom. The molecule has 0 spiro atoms. The third kappa shape index (κ3) is 5.83. The maximum atomic E-state index is 12.5. The number of carboxylic acid groups (broad SMARTS) is 1. The largest absolute Gasteiger partial charge is 0.485 e. The Hall–Kier alpha value is -3.48. The van der Waals surface area contributed by atoms with Gasteiger partial charge in [0.2, 0.25) is 0 Å². The SMILES string of the molecule is O=C(O)CC(c1ccc2c(c1)OC(c1ccc(-c3cccc(OCC(F)(F)F)c3)cc1)CC2)C1CC1. The van der Waals surface area contributed by atoms with E-state index in [1.165, 1.54) is 6.07 Å². The van der Waals surface area contributed by atoms with Crippen molar-refractivity contribution in [3.8, 4) is 22.6 Å². The Balaban J connectivity index is 1.30. The van der Waals surface area contributed by atoms with E-state index in [0.29, 0.717) is 5.92 Å². The van der Waals surface area contributed by atoms with E-state index in [4.69, 9.17) is 9.47 Å². The second-order valence-electron chi connectivity index (χ2n) is 9.61. The fraction of sp³-hybridized carbons (Fsp3) is 0.345. The Morgan fingerprint density at radius 1 is 1.00 bits per heavy atom. The average Bonchev–Trinajstić information content (AvgIpc) is 3.71. The topological polar surface area (TPSA) is 55.8 Å².